The van der Waals surface area contributed by atoms with Crippen LogP contribution in [-0.2, 0) is 0 Å². The molecule has 39 heavy (non-hydrogen) atoms. The van der Waals surface area contributed by atoms with E-state index in [-0.39, 0.29) is 16.5 Å². The molecule has 6 aromatic rings. The van der Waals surface area contributed by atoms with Gasteiger partial charge in [0.1, 0.15) is 11.3 Å². The molecule has 0 saturated heterocycles. The molecular formula is C28H19BrN6O3S. The van der Waals surface area contributed by atoms with Gasteiger partial charge < -0.3 is 4.42 Å². The molecule has 3 aromatic heterocycles. The molecule has 0 aliphatic heterocycles. The van der Waals surface area contributed by atoms with Crippen LogP contribution in [-0.4, -0.2) is 31.3 Å². The minimum atomic E-state index is -0.526. The summed E-state index contributed by atoms with van der Waals surface area (Å²) in [6.45, 7) is 1.43. The number of aromatic nitrogens is 4. The second kappa shape index (κ2) is 10.3. The summed E-state index contributed by atoms with van der Waals surface area (Å²) >= 11 is 4.49. The van der Waals surface area contributed by atoms with Crippen molar-refractivity contribution in [2.45, 2.75) is 6.92 Å². The molecule has 11 heteroatoms. The van der Waals surface area contributed by atoms with Crippen molar-refractivity contribution in [1.29, 1.82) is 0 Å². The minimum Gasteiger partial charge on any atom is -0.454 e. The van der Waals surface area contributed by atoms with Crippen LogP contribution in [0.3, 0.4) is 0 Å². The number of Topliss-reactive ketones (excluding diaryl/α,β-unsaturated/α-hetero) is 1. The number of rotatable bonds is 6. The number of ketones is 1. The molecule has 9 nitrogen and oxygen atoms in total. The van der Waals surface area contributed by atoms with Crippen molar-refractivity contribution in [3.63, 3.8) is 0 Å². The molecule has 3 heterocycles. The number of carbonyl (C=O) groups is 2. The van der Waals surface area contributed by atoms with Gasteiger partial charge in [0.2, 0.25) is 4.80 Å². The van der Waals surface area contributed by atoms with Gasteiger partial charge in [-0.3, -0.25) is 9.59 Å². The van der Waals surface area contributed by atoms with Crippen LogP contribution in [0.4, 0.5) is 0 Å². The van der Waals surface area contributed by atoms with E-state index in [0.29, 0.717) is 21.9 Å². The number of halogens is 1. The summed E-state index contributed by atoms with van der Waals surface area (Å²) < 4.78 is 10.1. The van der Waals surface area contributed by atoms with Gasteiger partial charge >= 0.3 is 0 Å². The molecule has 0 bridgehead atoms. The number of amides is 1. The molecule has 0 fully saturated rings. The highest BCUT2D eigenvalue weighted by molar-refractivity contribution is 9.10. The molecule has 0 unspecified atom stereocenters. The van der Waals surface area contributed by atoms with Crippen LogP contribution in [0, 0.1) is 0 Å². The first-order valence-electron chi connectivity index (χ1n) is 11.8. The lowest BCUT2D eigenvalue weighted by Gasteiger charge is -2.04. The zero-order valence-electron chi connectivity index (χ0n) is 20.4. The molecule has 3 aromatic carbocycles. The fourth-order valence-electron chi connectivity index (χ4n) is 3.94. The predicted molar refractivity (Wildman–Crippen MR) is 151 cm³/mol. The van der Waals surface area contributed by atoms with Gasteiger partial charge in [0.15, 0.2) is 22.2 Å². The van der Waals surface area contributed by atoms with E-state index in [9.17, 15) is 9.59 Å². The molecule has 0 atom stereocenters. The first kappa shape index (κ1) is 24.7. The minimum absolute atomic E-state index is 0.143. The molecule has 192 valence electrons. The van der Waals surface area contributed by atoms with Crippen molar-refractivity contribution in [1.82, 2.24) is 25.0 Å². The molecule has 1 amide bonds. The molecule has 0 spiro atoms. The smallest absolute Gasteiger partial charge is 0.291 e. The van der Waals surface area contributed by atoms with Gasteiger partial charge in [0.25, 0.3) is 5.91 Å². The molecular weight excluding hydrogens is 580 g/mol. The lowest BCUT2D eigenvalue weighted by atomic mass is 10.2. The van der Waals surface area contributed by atoms with E-state index in [1.54, 1.807) is 10.7 Å². The largest absolute Gasteiger partial charge is 0.454 e. The third-order valence-electron chi connectivity index (χ3n) is 5.81. The maximum Gasteiger partial charge on any atom is 0.291 e. The highest BCUT2D eigenvalue weighted by Gasteiger charge is 2.20. The van der Waals surface area contributed by atoms with E-state index in [0.717, 1.165) is 32.5 Å². The maximum atomic E-state index is 13.2. The van der Waals surface area contributed by atoms with Crippen LogP contribution in [0.25, 0.3) is 33.8 Å². The number of hydrogen-bond donors (Lipinski definition) is 1. The van der Waals surface area contributed by atoms with Crippen LogP contribution < -0.4 is 10.2 Å². The highest BCUT2D eigenvalue weighted by Crippen LogP contribution is 2.30. The van der Waals surface area contributed by atoms with Crippen molar-refractivity contribution in [2.75, 3.05) is 0 Å². The normalized spacial score (nSPS) is 11.7. The molecule has 0 saturated carbocycles. The average Bonchev–Trinajstić information content (AvgIpc) is 3.69. The highest BCUT2D eigenvalue weighted by atomic mass is 79.9. The monoisotopic (exact) mass is 598 g/mol. The Kier molecular flexibility index (Phi) is 6.51. The number of nitrogens with one attached hydrogen (secondary N) is 1. The summed E-state index contributed by atoms with van der Waals surface area (Å²) in [5.41, 5.74) is 5.52. The quantitative estimate of drug-likeness (QED) is 0.194. The SMILES string of the molecule is CC(=O)c1nn(-c2ccc(Br)cc2)c(=NNC(=O)c2cc(-c3cc4ccccc4o3)n(-c3ccccc3)n2)s1. The summed E-state index contributed by atoms with van der Waals surface area (Å²) in [5.74, 6) is -0.150. The Hall–Kier alpha value is -4.61. The number of benzene rings is 3. The number of nitrogens with zero attached hydrogens (tertiary/aromatic N) is 5. The number of para-hydroxylation sites is 2. The summed E-state index contributed by atoms with van der Waals surface area (Å²) in [7, 11) is 0. The van der Waals surface area contributed by atoms with Gasteiger partial charge in [-0.25, -0.2) is 14.8 Å². The summed E-state index contributed by atoms with van der Waals surface area (Å²) in [4.78, 5) is 25.6. The predicted octanol–water partition coefficient (Wildman–Crippen LogP) is 5.74. The standard InChI is InChI=1S/C28H19BrN6O3S/c1-17(36)27-33-35(21-13-11-19(29)12-14-21)28(39-27)31-30-26(37)22-16-23(34(32-22)20-8-3-2-4-9-20)25-15-18-7-5-6-10-24(18)38-25/h2-16H,1H3,(H,30,37). The summed E-state index contributed by atoms with van der Waals surface area (Å²) in [6, 6.07) is 28.1. The fraction of sp³-hybridized carbons (Fsp3) is 0.0357. The third-order valence-corrected chi connectivity index (χ3v) is 7.34. The zero-order valence-corrected chi connectivity index (χ0v) is 22.8. The third kappa shape index (κ3) is 4.97. The van der Waals surface area contributed by atoms with Crippen LogP contribution in [0.2, 0.25) is 0 Å². The van der Waals surface area contributed by atoms with E-state index >= 15 is 0 Å². The Morgan fingerprint density at radius 3 is 2.36 bits per heavy atom. The Balaban J connectivity index is 1.39. The topological polar surface area (TPSA) is 107 Å². The van der Waals surface area contributed by atoms with Gasteiger partial charge in [-0.05, 0) is 48.5 Å². The number of hydrogen-bond acceptors (Lipinski definition) is 7. The van der Waals surface area contributed by atoms with Crippen LogP contribution in [0.5, 0.6) is 0 Å². The second-order valence-electron chi connectivity index (χ2n) is 8.50. The molecule has 0 aliphatic rings. The summed E-state index contributed by atoms with van der Waals surface area (Å²) in [5, 5.41) is 14.4. The van der Waals surface area contributed by atoms with Gasteiger partial charge in [0, 0.05) is 22.8 Å². The maximum absolute atomic E-state index is 13.2. The van der Waals surface area contributed by atoms with E-state index in [2.05, 4.69) is 36.7 Å². The van der Waals surface area contributed by atoms with E-state index in [1.807, 2.05) is 84.9 Å². The Morgan fingerprint density at radius 2 is 1.62 bits per heavy atom. The van der Waals surface area contributed by atoms with Crippen molar-refractivity contribution in [3.8, 4) is 22.8 Å². The zero-order chi connectivity index (χ0) is 26.9. The van der Waals surface area contributed by atoms with Crippen LogP contribution in [0.15, 0.2) is 105 Å². The Bertz CT molecular complexity index is 1870. The van der Waals surface area contributed by atoms with E-state index in [1.165, 1.54) is 11.6 Å². The second-order valence-corrected chi connectivity index (χ2v) is 10.4. The van der Waals surface area contributed by atoms with Crippen molar-refractivity contribution in [3.05, 3.63) is 111 Å². The first-order valence-corrected chi connectivity index (χ1v) is 13.4. The van der Waals surface area contributed by atoms with Gasteiger partial charge in [0.05, 0.1) is 11.4 Å². The van der Waals surface area contributed by atoms with Crippen LogP contribution in [0.1, 0.15) is 27.2 Å². The van der Waals surface area contributed by atoms with E-state index < -0.39 is 5.91 Å². The number of carbonyl (C=O) groups excluding carboxylic acids is 2. The van der Waals surface area contributed by atoms with Crippen molar-refractivity contribution < 1.29 is 14.0 Å². The number of fused-ring (bicyclic) bond motifs is 1. The lowest BCUT2D eigenvalue weighted by Crippen LogP contribution is -2.24. The number of furan rings is 1. The molecule has 1 N–H and O–H groups in total. The molecule has 6 rings (SSSR count). The van der Waals surface area contributed by atoms with Crippen molar-refractivity contribution >= 4 is 49.9 Å². The fourth-order valence-corrected chi connectivity index (χ4v) is 4.97. The first-order chi connectivity index (χ1) is 19.0. The van der Waals surface area contributed by atoms with Crippen LogP contribution >= 0.6 is 27.3 Å². The van der Waals surface area contributed by atoms with E-state index in [4.69, 9.17) is 4.42 Å². The average molecular weight is 599 g/mol. The van der Waals surface area contributed by atoms with Crippen molar-refractivity contribution in [2.24, 2.45) is 5.10 Å². The Labute approximate surface area is 234 Å². The Morgan fingerprint density at radius 1 is 0.897 bits per heavy atom. The molecule has 0 radical (unpaired) electrons. The summed E-state index contributed by atoms with van der Waals surface area (Å²) in [6.07, 6.45) is 0. The lowest BCUT2D eigenvalue weighted by molar-refractivity contribution is 0.0946. The van der Waals surface area contributed by atoms with Gasteiger partial charge in [-0.2, -0.15) is 10.2 Å². The molecule has 0 aliphatic carbocycles. The van der Waals surface area contributed by atoms with Gasteiger partial charge in [-0.1, -0.05) is 63.7 Å². The van der Waals surface area contributed by atoms with Gasteiger partial charge in [-0.15, -0.1) is 5.10 Å².